The Balaban J connectivity index is 1.91. The van der Waals surface area contributed by atoms with E-state index in [1.807, 2.05) is 30.3 Å². The van der Waals surface area contributed by atoms with Crippen LogP contribution >= 0.6 is 0 Å². The normalized spacial score (nSPS) is 22.9. The fraction of sp³-hybridized carbons (Fsp3) is 0.375. The molecule has 3 rings (SSSR count). The van der Waals surface area contributed by atoms with E-state index >= 15 is 0 Å². The Morgan fingerprint density at radius 2 is 2.00 bits per heavy atom. The molecule has 1 N–H and O–H groups in total. The molecule has 0 saturated carbocycles. The summed E-state index contributed by atoms with van der Waals surface area (Å²) in [5, 5.41) is 6.83. The van der Waals surface area contributed by atoms with Gasteiger partial charge in [-0.1, -0.05) is 35.5 Å². The van der Waals surface area contributed by atoms with Crippen LogP contribution in [0.5, 0.6) is 0 Å². The van der Waals surface area contributed by atoms with E-state index in [4.69, 9.17) is 4.52 Å². The minimum absolute atomic E-state index is 0.0449. The minimum atomic E-state index is -3.09. The number of aromatic nitrogens is 1. The first-order valence-corrected chi connectivity index (χ1v) is 9.16. The van der Waals surface area contributed by atoms with Crippen LogP contribution < -0.4 is 5.32 Å². The molecule has 23 heavy (non-hydrogen) atoms. The third-order valence-electron chi connectivity index (χ3n) is 4.06. The SMILES string of the molecule is Cc1onc(-c2ccccc2)c1C(=O)N[C@]1(C)CCS(=O)(=O)C1. The largest absolute Gasteiger partial charge is 0.360 e. The Kier molecular flexibility index (Phi) is 3.75. The van der Waals surface area contributed by atoms with E-state index < -0.39 is 15.4 Å². The number of nitrogens with zero attached hydrogens (tertiary/aromatic N) is 1. The Morgan fingerprint density at radius 3 is 2.61 bits per heavy atom. The van der Waals surface area contributed by atoms with Gasteiger partial charge in [-0.25, -0.2) is 8.42 Å². The quantitative estimate of drug-likeness (QED) is 0.927. The number of carbonyl (C=O) groups is 1. The number of sulfone groups is 1. The molecule has 0 radical (unpaired) electrons. The highest BCUT2D eigenvalue weighted by Crippen LogP contribution is 2.28. The molecule has 1 aromatic heterocycles. The highest BCUT2D eigenvalue weighted by Gasteiger charge is 2.40. The number of benzene rings is 1. The molecule has 1 atom stereocenters. The zero-order valence-electron chi connectivity index (χ0n) is 13.0. The van der Waals surface area contributed by atoms with Crippen LogP contribution in [0, 0.1) is 6.92 Å². The molecular weight excluding hydrogens is 316 g/mol. The van der Waals surface area contributed by atoms with Crippen molar-refractivity contribution in [2.24, 2.45) is 0 Å². The van der Waals surface area contributed by atoms with Gasteiger partial charge in [0, 0.05) is 5.56 Å². The van der Waals surface area contributed by atoms with Gasteiger partial charge >= 0.3 is 0 Å². The molecule has 1 aliphatic rings. The highest BCUT2D eigenvalue weighted by molar-refractivity contribution is 7.91. The monoisotopic (exact) mass is 334 g/mol. The summed E-state index contributed by atoms with van der Waals surface area (Å²) in [6, 6.07) is 9.27. The van der Waals surface area contributed by atoms with Gasteiger partial charge in [0.1, 0.15) is 17.0 Å². The van der Waals surface area contributed by atoms with Crippen LogP contribution in [0.25, 0.3) is 11.3 Å². The van der Waals surface area contributed by atoms with Crippen LogP contribution in [-0.2, 0) is 9.84 Å². The molecule has 0 bridgehead atoms. The summed E-state index contributed by atoms with van der Waals surface area (Å²) in [6.07, 6.45) is 0.409. The zero-order chi connectivity index (χ0) is 16.7. The lowest BCUT2D eigenvalue weighted by atomic mass is 10.00. The molecule has 1 aliphatic heterocycles. The van der Waals surface area contributed by atoms with Crippen molar-refractivity contribution in [1.29, 1.82) is 0 Å². The Bertz CT molecular complexity index is 842. The second-order valence-electron chi connectivity index (χ2n) is 6.19. The van der Waals surface area contributed by atoms with Crippen molar-refractivity contribution in [3.05, 3.63) is 41.7 Å². The van der Waals surface area contributed by atoms with E-state index in [1.165, 1.54) is 0 Å². The summed E-state index contributed by atoms with van der Waals surface area (Å²) >= 11 is 0. The van der Waals surface area contributed by atoms with Crippen molar-refractivity contribution in [2.45, 2.75) is 25.8 Å². The fourth-order valence-electron chi connectivity index (χ4n) is 2.88. The van der Waals surface area contributed by atoms with Gasteiger partial charge in [-0.3, -0.25) is 4.79 Å². The Morgan fingerprint density at radius 1 is 1.30 bits per heavy atom. The molecule has 2 heterocycles. The maximum atomic E-state index is 12.7. The van der Waals surface area contributed by atoms with Crippen molar-refractivity contribution >= 4 is 15.7 Å². The summed E-state index contributed by atoms with van der Waals surface area (Å²) in [6.45, 7) is 3.42. The smallest absolute Gasteiger partial charge is 0.257 e. The lowest BCUT2D eigenvalue weighted by Gasteiger charge is -2.23. The molecule has 0 aliphatic carbocycles. The van der Waals surface area contributed by atoms with Gasteiger partial charge in [-0.15, -0.1) is 0 Å². The number of amides is 1. The van der Waals surface area contributed by atoms with Crippen LogP contribution in [0.3, 0.4) is 0 Å². The lowest BCUT2D eigenvalue weighted by molar-refractivity contribution is 0.0914. The predicted octanol–water partition coefficient (Wildman–Crippen LogP) is 1.96. The van der Waals surface area contributed by atoms with E-state index in [2.05, 4.69) is 10.5 Å². The van der Waals surface area contributed by atoms with Crippen LogP contribution in [0.15, 0.2) is 34.9 Å². The third-order valence-corrected chi connectivity index (χ3v) is 5.96. The molecule has 0 unspecified atom stereocenters. The summed E-state index contributed by atoms with van der Waals surface area (Å²) in [4.78, 5) is 12.7. The summed E-state index contributed by atoms with van der Waals surface area (Å²) in [7, 11) is -3.09. The number of carbonyl (C=O) groups excluding carboxylic acids is 1. The van der Waals surface area contributed by atoms with Crippen LogP contribution in [0.4, 0.5) is 0 Å². The molecule has 1 amide bonds. The average Bonchev–Trinajstić information content (AvgIpc) is 2.99. The van der Waals surface area contributed by atoms with Gasteiger partial charge in [0.2, 0.25) is 0 Å². The molecule has 1 aromatic carbocycles. The first kappa shape index (κ1) is 15.7. The molecule has 0 spiro atoms. The molecule has 6 nitrogen and oxygen atoms in total. The van der Waals surface area contributed by atoms with Gasteiger partial charge in [0.05, 0.1) is 17.0 Å². The number of rotatable bonds is 3. The molecule has 1 fully saturated rings. The topological polar surface area (TPSA) is 89.3 Å². The van der Waals surface area contributed by atoms with Crippen LogP contribution in [0.1, 0.15) is 29.5 Å². The predicted molar refractivity (Wildman–Crippen MR) is 85.8 cm³/mol. The van der Waals surface area contributed by atoms with Crippen molar-refractivity contribution in [3.8, 4) is 11.3 Å². The second kappa shape index (κ2) is 5.49. The number of hydrogen-bond acceptors (Lipinski definition) is 5. The summed E-state index contributed by atoms with van der Waals surface area (Å²) in [5.74, 6) is 0.0994. The number of nitrogens with one attached hydrogen (secondary N) is 1. The third kappa shape index (κ3) is 3.14. The fourth-order valence-corrected chi connectivity index (χ4v) is 4.97. The van der Waals surface area contributed by atoms with Gasteiger partial charge in [-0.05, 0) is 20.3 Å². The van der Waals surface area contributed by atoms with Crippen molar-refractivity contribution in [3.63, 3.8) is 0 Å². The van der Waals surface area contributed by atoms with Crippen LogP contribution in [-0.4, -0.2) is 36.5 Å². The van der Waals surface area contributed by atoms with E-state index in [0.29, 0.717) is 23.4 Å². The Labute approximate surface area is 134 Å². The molecular formula is C16H18N2O4S. The molecule has 122 valence electrons. The maximum Gasteiger partial charge on any atom is 0.257 e. The zero-order valence-corrected chi connectivity index (χ0v) is 13.8. The standard InChI is InChI=1S/C16H18N2O4S/c1-11-13(14(18-22-11)12-6-4-3-5-7-12)15(19)17-16(2)8-9-23(20,21)10-16/h3-7H,8-10H2,1-2H3,(H,17,19)/t16-/m1/s1. The molecule has 1 saturated heterocycles. The van der Waals surface area contributed by atoms with Gasteiger partial charge in [-0.2, -0.15) is 0 Å². The van der Waals surface area contributed by atoms with Crippen molar-refractivity contribution in [1.82, 2.24) is 10.5 Å². The van der Waals surface area contributed by atoms with Crippen LogP contribution in [0.2, 0.25) is 0 Å². The molecule has 2 aromatic rings. The van der Waals surface area contributed by atoms with Crippen molar-refractivity contribution in [2.75, 3.05) is 11.5 Å². The van der Waals surface area contributed by atoms with E-state index in [-0.39, 0.29) is 17.4 Å². The Hall–Kier alpha value is -2.15. The number of aryl methyl sites for hydroxylation is 1. The summed E-state index contributed by atoms with van der Waals surface area (Å²) < 4.78 is 28.6. The minimum Gasteiger partial charge on any atom is -0.360 e. The molecule has 7 heteroatoms. The highest BCUT2D eigenvalue weighted by atomic mass is 32.2. The van der Waals surface area contributed by atoms with E-state index in [0.717, 1.165) is 5.56 Å². The van der Waals surface area contributed by atoms with Crippen molar-refractivity contribution < 1.29 is 17.7 Å². The first-order valence-electron chi connectivity index (χ1n) is 7.34. The van der Waals surface area contributed by atoms with Gasteiger partial charge < -0.3 is 9.84 Å². The van der Waals surface area contributed by atoms with Gasteiger partial charge in [0.15, 0.2) is 9.84 Å². The number of hydrogen-bond donors (Lipinski definition) is 1. The van der Waals surface area contributed by atoms with Gasteiger partial charge in [0.25, 0.3) is 5.91 Å². The first-order chi connectivity index (χ1) is 10.8. The lowest BCUT2D eigenvalue weighted by Crippen LogP contribution is -2.47. The van der Waals surface area contributed by atoms with E-state index in [1.54, 1.807) is 13.8 Å². The maximum absolute atomic E-state index is 12.7. The second-order valence-corrected chi connectivity index (χ2v) is 8.37. The summed E-state index contributed by atoms with van der Waals surface area (Å²) in [5.41, 5.74) is 0.832. The van der Waals surface area contributed by atoms with E-state index in [9.17, 15) is 13.2 Å². The average molecular weight is 334 g/mol.